The number of ketones is 1. The summed E-state index contributed by atoms with van der Waals surface area (Å²) in [5.41, 5.74) is 2.20. The van der Waals surface area contributed by atoms with Gasteiger partial charge in [0.2, 0.25) is 0 Å². The van der Waals surface area contributed by atoms with E-state index in [-0.39, 0.29) is 24.8 Å². The molecule has 3 heterocycles. The molecule has 0 aromatic carbocycles. The Morgan fingerprint density at radius 3 is 2.78 bits per heavy atom. The number of nitrogens with one attached hydrogen (secondary N) is 1. The van der Waals surface area contributed by atoms with Crippen molar-refractivity contribution in [1.82, 2.24) is 19.9 Å². The fourth-order valence-corrected chi connectivity index (χ4v) is 3.78. The normalized spacial score (nSPS) is 11.7. The second-order valence-corrected chi connectivity index (χ2v) is 10.4. The predicted molar refractivity (Wildman–Crippen MR) is 114 cm³/mol. The van der Waals surface area contributed by atoms with Crippen molar-refractivity contribution in [2.24, 2.45) is 0 Å². The lowest BCUT2D eigenvalue weighted by atomic mass is 10.0. The molecule has 0 aliphatic heterocycles. The number of likely N-dealkylation sites (N-methyl/N-ethyl adjacent to an activating group) is 1. The van der Waals surface area contributed by atoms with Gasteiger partial charge in [-0.25, -0.2) is 9.97 Å². The van der Waals surface area contributed by atoms with Gasteiger partial charge in [0.15, 0.2) is 11.4 Å². The van der Waals surface area contributed by atoms with Gasteiger partial charge in [-0.3, -0.25) is 9.59 Å². The number of thiophene rings is 1. The number of rotatable bonds is 6. The number of halogens is 1. The second kappa shape index (κ2) is 7.64. The van der Waals surface area contributed by atoms with Crippen molar-refractivity contribution >= 4 is 56.8 Å². The summed E-state index contributed by atoms with van der Waals surface area (Å²) in [7, 11) is 1.65. The number of Topliss-reactive ketones (excluding diaryl/α,β-unsaturated/α-hetero) is 1. The quantitative estimate of drug-likeness (QED) is 0.309. The van der Waals surface area contributed by atoms with Crippen LogP contribution in [0.25, 0.3) is 21.7 Å². The molecular weight excluding hydrogens is 479 g/mol. The molecule has 0 saturated carbocycles. The zero-order chi connectivity index (χ0) is 19.8. The summed E-state index contributed by atoms with van der Waals surface area (Å²) >= 11 is 3.42. The average molecular weight is 498 g/mol. The molecule has 0 unspecified atom stereocenters. The van der Waals surface area contributed by atoms with Gasteiger partial charge in [-0.05, 0) is 26.0 Å². The number of nitrogens with zero attached hydrogens (tertiary/aromatic N) is 3. The molecule has 3 rings (SSSR count). The van der Waals surface area contributed by atoms with Crippen LogP contribution in [0.2, 0.25) is 0 Å². The van der Waals surface area contributed by atoms with E-state index in [0.29, 0.717) is 27.3 Å². The van der Waals surface area contributed by atoms with Gasteiger partial charge in [0, 0.05) is 19.8 Å². The lowest BCUT2D eigenvalue weighted by Gasteiger charge is -2.13. The summed E-state index contributed by atoms with van der Waals surface area (Å²) in [6.07, 6.45) is 3.27. The van der Waals surface area contributed by atoms with Crippen LogP contribution < -0.4 is 0 Å². The van der Waals surface area contributed by atoms with E-state index < -0.39 is 3.42 Å². The Kier molecular flexibility index (Phi) is 5.63. The summed E-state index contributed by atoms with van der Waals surface area (Å²) in [5, 5.41) is 8.98. The molecule has 0 aliphatic carbocycles. The van der Waals surface area contributed by atoms with E-state index in [9.17, 15) is 9.59 Å². The fraction of sp³-hybridized carbons (Fsp3) is 0.333. The molecular formula is C18H19IN4O3S. The van der Waals surface area contributed by atoms with E-state index in [4.69, 9.17) is 5.11 Å². The first kappa shape index (κ1) is 19.9. The number of amides is 1. The van der Waals surface area contributed by atoms with Crippen molar-refractivity contribution in [3.63, 3.8) is 0 Å². The van der Waals surface area contributed by atoms with Crippen molar-refractivity contribution in [1.29, 1.82) is 0 Å². The first-order valence-electron chi connectivity index (χ1n) is 8.26. The first-order chi connectivity index (χ1) is 12.7. The average Bonchev–Trinajstić information content (AvgIpc) is 3.26. The molecule has 0 fully saturated rings. The van der Waals surface area contributed by atoms with E-state index in [0.717, 1.165) is 4.88 Å². The molecule has 7 nitrogen and oxygen atoms in total. The van der Waals surface area contributed by atoms with Crippen molar-refractivity contribution in [2.75, 3.05) is 20.2 Å². The maximum absolute atomic E-state index is 12.7. The number of hydrogen-bond acceptors (Lipinski definition) is 6. The Hall–Kier alpha value is -1.85. The molecule has 1 amide bonds. The van der Waals surface area contributed by atoms with Crippen molar-refractivity contribution in [3.8, 4) is 10.6 Å². The number of carbonyl (C=O) groups excluding carboxylic acids is 2. The largest absolute Gasteiger partial charge is 0.395 e. The third kappa shape index (κ3) is 4.04. The fourth-order valence-electron chi connectivity index (χ4n) is 2.53. The Morgan fingerprint density at radius 2 is 2.11 bits per heavy atom. The highest BCUT2D eigenvalue weighted by Gasteiger charge is 2.28. The molecule has 27 heavy (non-hydrogen) atoms. The SMILES string of the molecule is CN(CCO)C(=O)c1ccc(-c2cnc3[nH]cc(C(=O)C(C)(C)I)c3n2)s1. The number of aromatic nitrogens is 3. The number of aliphatic hydroxyl groups excluding tert-OH is 1. The number of fused-ring (bicyclic) bond motifs is 1. The van der Waals surface area contributed by atoms with Crippen LogP contribution in [0.1, 0.15) is 33.9 Å². The Balaban J connectivity index is 1.97. The number of aliphatic hydroxyl groups is 1. The molecule has 2 N–H and O–H groups in total. The van der Waals surface area contributed by atoms with E-state index in [1.807, 2.05) is 19.9 Å². The Bertz CT molecular complexity index is 1010. The highest BCUT2D eigenvalue weighted by molar-refractivity contribution is 14.1. The predicted octanol–water partition coefficient (Wildman–Crippen LogP) is 3.15. The highest BCUT2D eigenvalue weighted by atomic mass is 127. The molecule has 3 aromatic heterocycles. The topological polar surface area (TPSA) is 99.2 Å². The minimum atomic E-state index is -0.551. The number of aromatic amines is 1. The number of H-pyrrole nitrogens is 1. The first-order valence-corrected chi connectivity index (χ1v) is 10.2. The molecule has 0 atom stereocenters. The van der Waals surface area contributed by atoms with Crippen LogP contribution in [0.5, 0.6) is 0 Å². The van der Waals surface area contributed by atoms with Crippen molar-refractivity contribution in [2.45, 2.75) is 17.3 Å². The van der Waals surface area contributed by atoms with Crippen LogP contribution in [0.4, 0.5) is 0 Å². The minimum Gasteiger partial charge on any atom is -0.395 e. The van der Waals surface area contributed by atoms with Crippen LogP contribution >= 0.6 is 33.9 Å². The molecule has 0 aliphatic rings. The molecule has 142 valence electrons. The summed E-state index contributed by atoms with van der Waals surface area (Å²) in [4.78, 5) is 39.8. The van der Waals surface area contributed by atoms with Gasteiger partial charge in [0.05, 0.1) is 37.2 Å². The molecule has 0 saturated heterocycles. The standard InChI is InChI=1S/C18H19IN4O3S/c1-18(2,19)15(25)10-8-20-16-14(10)22-11(9-21-16)12-4-5-13(27-12)17(26)23(3)6-7-24/h4-5,8-9,24H,6-7H2,1-3H3,(H,20,21). The third-order valence-corrected chi connectivity index (χ3v) is 5.60. The van der Waals surface area contributed by atoms with Crippen LogP contribution in [-0.2, 0) is 0 Å². The van der Waals surface area contributed by atoms with Crippen molar-refractivity contribution < 1.29 is 14.7 Å². The highest BCUT2D eigenvalue weighted by Crippen LogP contribution is 2.30. The maximum atomic E-state index is 12.7. The molecule has 0 radical (unpaired) electrons. The van der Waals surface area contributed by atoms with Gasteiger partial charge in [-0.1, -0.05) is 22.6 Å². The molecule has 3 aromatic rings. The van der Waals surface area contributed by atoms with E-state index >= 15 is 0 Å². The van der Waals surface area contributed by atoms with E-state index in [1.54, 1.807) is 25.5 Å². The Labute approximate surface area is 174 Å². The lowest BCUT2D eigenvalue weighted by Crippen LogP contribution is -2.28. The second-order valence-electron chi connectivity index (χ2n) is 6.57. The van der Waals surface area contributed by atoms with Gasteiger partial charge >= 0.3 is 0 Å². The summed E-state index contributed by atoms with van der Waals surface area (Å²) < 4.78 is -0.551. The molecule has 0 spiro atoms. The molecule has 9 heteroatoms. The summed E-state index contributed by atoms with van der Waals surface area (Å²) in [6, 6.07) is 3.55. The van der Waals surface area contributed by atoms with Gasteiger partial charge in [0.25, 0.3) is 5.91 Å². The van der Waals surface area contributed by atoms with Crippen LogP contribution in [0.3, 0.4) is 0 Å². The summed E-state index contributed by atoms with van der Waals surface area (Å²) in [6.45, 7) is 3.90. The monoisotopic (exact) mass is 498 g/mol. The zero-order valence-corrected chi connectivity index (χ0v) is 18.1. The van der Waals surface area contributed by atoms with Gasteiger partial charge in [-0.15, -0.1) is 11.3 Å². The molecule has 0 bridgehead atoms. The van der Waals surface area contributed by atoms with Crippen LogP contribution in [0, 0.1) is 0 Å². The van der Waals surface area contributed by atoms with E-state index in [2.05, 4.69) is 37.5 Å². The van der Waals surface area contributed by atoms with Crippen molar-refractivity contribution in [3.05, 3.63) is 35.0 Å². The smallest absolute Gasteiger partial charge is 0.263 e. The lowest BCUT2D eigenvalue weighted by molar-refractivity contribution is 0.0771. The van der Waals surface area contributed by atoms with Gasteiger partial charge in [0.1, 0.15) is 5.52 Å². The zero-order valence-electron chi connectivity index (χ0n) is 15.1. The Morgan fingerprint density at radius 1 is 1.37 bits per heavy atom. The van der Waals surface area contributed by atoms with Gasteiger partial charge < -0.3 is 15.0 Å². The minimum absolute atomic E-state index is 0.0199. The number of alkyl halides is 1. The van der Waals surface area contributed by atoms with E-state index in [1.165, 1.54) is 16.2 Å². The number of hydrogen-bond donors (Lipinski definition) is 2. The van der Waals surface area contributed by atoms with Crippen LogP contribution in [0.15, 0.2) is 24.5 Å². The van der Waals surface area contributed by atoms with Gasteiger partial charge in [-0.2, -0.15) is 0 Å². The third-order valence-electron chi connectivity index (χ3n) is 4.02. The summed E-state index contributed by atoms with van der Waals surface area (Å²) in [5.74, 6) is -0.174. The number of carbonyl (C=O) groups is 2. The van der Waals surface area contributed by atoms with Crippen LogP contribution in [-0.4, -0.2) is 60.3 Å². The maximum Gasteiger partial charge on any atom is 0.263 e.